The van der Waals surface area contributed by atoms with E-state index >= 15 is 0 Å². The average molecular weight is 458 g/mol. The molecule has 29 heavy (non-hydrogen) atoms. The molecular weight excluding hydrogens is 439 g/mol. The summed E-state index contributed by atoms with van der Waals surface area (Å²) in [5.41, 5.74) is 1.83. The van der Waals surface area contributed by atoms with Crippen molar-refractivity contribution in [2.24, 2.45) is 0 Å². The number of hydrogen-bond acceptors (Lipinski definition) is 4. The van der Waals surface area contributed by atoms with Crippen molar-refractivity contribution in [3.05, 3.63) is 57.0 Å². The van der Waals surface area contributed by atoms with E-state index < -0.39 is 18.5 Å². The zero-order valence-corrected chi connectivity index (χ0v) is 17.8. The highest BCUT2D eigenvalue weighted by Gasteiger charge is 2.12. The molecule has 0 saturated carbocycles. The summed E-state index contributed by atoms with van der Waals surface area (Å²) in [7, 11) is 0. The molecule has 154 valence electrons. The van der Waals surface area contributed by atoms with Gasteiger partial charge in [0.25, 0.3) is 5.91 Å². The molecule has 0 aliphatic heterocycles. The smallest absolute Gasteiger partial charge is 0.306 e. The molecule has 2 aromatic rings. The Labute approximate surface area is 183 Å². The van der Waals surface area contributed by atoms with Crippen LogP contribution in [0.5, 0.6) is 0 Å². The summed E-state index contributed by atoms with van der Waals surface area (Å²) in [5.74, 6) is -1.37. The lowest BCUT2D eigenvalue weighted by Gasteiger charge is -2.09. The highest BCUT2D eigenvalue weighted by Crippen LogP contribution is 2.29. The lowest BCUT2D eigenvalue weighted by molar-refractivity contribution is -0.147. The van der Waals surface area contributed by atoms with Gasteiger partial charge in [0.1, 0.15) is 0 Å². The summed E-state index contributed by atoms with van der Waals surface area (Å²) in [4.78, 5) is 35.5. The molecule has 0 aliphatic rings. The molecule has 2 aromatic carbocycles. The summed E-state index contributed by atoms with van der Waals surface area (Å²) in [6, 6.07) is 10.0. The molecule has 0 unspecified atom stereocenters. The number of aryl methyl sites for hydroxylation is 1. The van der Waals surface area contributed by atoms with Gasteiger partial charge in [0.2, 0.25) is 5.91 Å². The predicted molar refractivity (Wildman–Crippen MR) is 115 cm³/mol. The highest BCUT2D eigenvalue weighted by atomic mass is 35.5. The van der Waals surface area contributed by atoms with Gasteiger partial charge in [0.05, 0.1) is 15.7 Å². The Balaban J connectivity index is 1.67. The predicted octanol–water partition coefficient (Wildman–Crippen LogP) is 5.25. The molecule has 0 heterocycles. The minimum absolute atomic E-state index is 0.00722. The van der Waals surface area contributed by atoms with Crippen molar-refractivity contribution in [3.8, 4) is 0 Å². The third-order valence-corrected chi connectivity index (χ3v) is 5.06. The third kappa shape index (κ3) is 7.57. The summed E-state index contributed by atoms with van der Waals surface area (Å²) < 4.78 is 4.90. The number of nitrogens with one attached hydrogen (secondary N) is 2. The number of amides is 2. The molecule has 6 nitrogen and oxygen atoms in total. The fourth-order valence-electron chi connectivity index (χ4n) is 2.29. The van der Waals surface area contributed by atoms with Gasteiger partial charge in [-0.1, -0.05) is 46.9 Å². The standard InChI is InChI=1S/C20H19Cl3N2O4/c1-12-8-9-13(10-15(12)22)24-17(26)6-3-7-19(28)29-11-18(27)25-16-5-2-4-14(21)20(16)23/h2,4-5,8-10H,3,6-7,11H2,1H3,(H,24,26)(H,25,27). The van der Waals surface area contributed by atoms with Crippen LogP contribution in [0.3, 0.4) is 0 Å². The molecule has 0 bridgehead atoms. The summed E-state index contributed by atoms with van der Waals surface area (Å²) in [6.45, 7) is 1.40. The van der Waals surface area contributed by atoms with Gasteiger partial charge in [-0.3, -0.25) is 14.4 Å². The number of carbonyl (C=O) groups excluding carboxylic acids is 3. The highest BCUT2D eigenvalue weighted by molar-refractivity contribution is 6.44. The van der Waals surface area contributed by atoms with Crippen LogP contribution < -0.4 is 10.6 Å². The number of halogens is 3. The Kier molecular flexibility index (Phi) is 8.76. The Morgan fingerprint density at radius 2 is 1.69 bits per heavy atom. The van der Waals surface area contributed by atoms with E-state index in [4.69, 9.17) is 39.5 Å². The molecule has 0 atom stereocenters. The largest absolute Gasteiger partial charge is 0.456 e. The van der Waals surface area contributed by atoms with Crippen molar-refractivity contribution < 1.29 is 19.1 Å². The van der Waals surface area contributed by atoms with Gasteiger partial charge in [0, 0.05) is 23.6 Å². The molecule has 0 aliphatic carbocycles. The Morgan fingerprint density at radius 3 is 2.41 bits per heavy atom. The van der Waals surface area contributed by atoms with Gasteiger partial charge in [-0.05, 0) is 43.2 Å². The van der Waals surface area contributed by atoms with Crippen LogP contribution >= 0.6 is 34.8 Å². The van der Waals surface area contributed by atoms with Crippen molar-refractivity contribution in [1.82, 2.24) is 0 Å². The van der Waals surface area contributed by atoms with Gasteiger partial charge < -0.3 is 15.4 Å². The maximum atomic E-state index is 11.9. The Morgan fingerprint density at radius 1 is 0.931 bits per heavy atom. The molecule has 0 fully saturated rings. The van der Waals surface area contributed by atoms with E-state index in [9.17, 15) is 14.4 Å². The summed E-state index contributed by atoms with van der Waals surface area (Å²) in [6.07, 6.45) is 0.421. The molecule has 9 heteroatoms. The Bertz CT molecular complexity index is 919. The molecule has 2 rings (SSSR count). The zero-order valence-electron chi connectivity index (χ0n) is 15.6. The maximum absolute atomic E-state index is 11.9. The second kappa shape index (κ2) is 11.0. The molecule has 2 N–H and O–H groups in total. The van der Waals surface area contributed by atoms with E-state index in [1.54, 1.807) is 36.4 Å². The van der Waals surface area contributed by atoms with E-state index in [-0.39, 0.29) is 30.2 Å². The number of hydrogen-bond donors (Lipinski definition) is 2. The molecule has 0 aromatic heterocycles. The van der Waals surface area contributed by atoms with Gasteiger partial charge in [-0.25, -0.2) is 0 Å². The van der Waals surface area contributed by atoms with E-state index in [2.05, 4.69) is 10.6 Å². The fourth-order valence-corrected chi connectivity index (χ4v) is 2.82. The van der Waals surface area contributed by atoms with E-state index in [0.717, 1.165) is 5.56 Å². The van der Waals surface area contributed by atoms with Gasteiger partial charge in [-0.15, -0.1) is 0 Å². The minimum atomic E-state index is -0.580. The molecule has 0 spiro atoms. The number of anilines is 2. The quantitative estimate of drug-likeness (QED) is 0.531. The number of carbonyl (C=O) groups is 3. The Hall–Kier alpha value is -2.28. The first-order valence-electron chi connectivity index (χ1n) is 8.71. The lowest BCUT2D eigenvalue weighted by Crippen LogP contribution is -2.21. The van der Waals surface area contributed by atoms with Crippen LogP contribution in [-0.4, -0.2) is 24.4 Å². The van der Waals surface area contributed by atoms with E-state index in [0.29, 0.717) is 21.4 Å². The lowest BCUT2D eigenvalue weighted by atomic mass is 10.2. The van der Waals surface area contributed by atoms with E-state index in [1.807, 2.05) is 6.92 Å². The van der Waals surface area contributed by atoms with Crippen molar-refractivity contribution in [2.45, 2.75) is 26.2 Å². The zero-order chi connectivity index (χ0) is 21.4. The van der Waals surface area contributed by atoms with Crippen molar-refractivity contribution in [2.75, 3.05) is 17.2 Å². The van der Waals surface area contributed by atoms with Gasteiger partial charge in [-0.2, -0.15) is 0 Å². The molecule has 0 saturated heterocycles. The van der Waals surface area contributed by atoms with Crippen LogP contribution in [0.2, 0.25) is 15.1 Å². The van der Waals surface area contributed by atoms with Crippen molar-refractivity contribution in [3.63, 3.8) is 0 Å². The average Bonchev–Trinajstić information content (AvgIpc) is 2.67. The first-order valence-corrected chi connectivity index (χ1v) is 9.85. The number of esters is 1. The monoisotopic (exact) mass is 456 g/mol. The van der Waals surface area contributed by atoms with Crippen LogP contribution in [0.15, 0.2) is 36.4 Å². The fraction of sp³-hybridized carbons (Fsp3) is 0.250. The second-order valence-corrected chi connectivity index (χ2v) is 7.37. The first kappa shape index (κ1) is 23.0. The first-order chi connectivity index (χ1) is 13.8. The van der Waals surface area contributed by atoms with Gasteiger partial charge >= 0.3 is 5.97 Å². The normalized spacial score (nSPS) is 10.3. The molecule has 2 amide bonds. The second-order valence-electron chi connectivity index (χ2n) is 6.18. The van der Waals surface area contributed by atoms with Crippen LogP contribution in [0.1, 0.15) is 24.8 Å². The third-order valence-electron chi connectivity index (χ3n) is 3.83. The van der Waals surface area contributed by atoms with E-state index in [1.165, 1.54) is 0 Å². The molecular formula is C20H19Cl3N2O4. The minimum Gasteiger partial charge on any atom is -0.456 e. The maximum Gasteiger partial charge on any atom is 0.306 e. The SMILES string of the molecule is Cc1ccc(NC(=O)CCCC(=O)OCC(=O)Nc2cccc(Cl)c2Cl)cc1Cl. The van der Waals surface area contributed by atoms with Gasteiger partial charge in [0.15, 0.2) is 6.61 Å². The van der Waals surface area contributed by atoms with Crippen LogP contribution in [0, 0.1) is 6.92 Å². The van der Waals surface area contributed by atoms with Crippen molar-refractivity contribution >= 4 is 64.0 Å². The summed E-state index contributed by atoms with van der Waals surface area (Å²) in [5, 5.41) is 6.28. The number of benzene rings is 2. The topological polar surface area (TPSA) is 84.5 Å². The number of ether oxygens (including phenoxy) is 1. The van der Waals surface area contributed by atoms with Crippen LogP contribution in [0.4, 0.5) is 11.4 Å². The van der Waals surface area contributed by atoms with Crippen LogP contribution in [-0.2, 0) is 19.1 Å². The summed E-state index contributed by atoms with van der Waals surface area (Å²) >= 11 is 17.9. The number of rotatable bonds is 8. The van der Waals surface area contributed by atoms with Crippen molar-refractivity contribution in [1.29, 1.82) is 0 Å². The van der Waals surface area contributed by atoms with Crippen LogP contribution in [0.25, 0.3) is 0 Å². The molecule has 0 radical (unpaired) electrons.